The van der Waals surface area contributed by atoms with Crippen LogP contribution in [-0.2, 0) is 10.0 Å². The van der Waals surface area contributed by atoms with Crippen LogP contribution in [0.4, 0.5) is 0 Å². The largest absolute Gasteiger partial charge is 0.495 e. The summed E-state index contributed by atoms with van der Waals surface area (Å²) in [5.41, 5.74) is 4.09. The third kappa shape index (κ3) is 3.80. The summed E-state index contributed by atoms with van der Waals surface area (Å²) in [4.78, 5) is 8.40. The fourth-order valence-corrected chi connectivity index (χ4v) is 3.90. The van der Waals surface area contributed by atoms with Gasteiger partial charge in [-0.3, -0.25) is 9.97 Å². The second kappa shape index (κ2) is 7.44. The van der Waals surface area contributed by atoms with Gasteiger partial charge in [-0.1, -0.05) is 23.7 Å². The van der Waals surface area contributed by atoms with Gasteiger partial charge in [0.05, 0.1) is 17.6 Å². The molecule has 0 unspecified atom stereocenters. The Morgan fingerprint density at radius 3 is 2.48 bits per heavy atom. The Morgan fingerprint density at radius 2 is 1.76 bits per heavy atom. The highest BCUT2D eigenvalue weighted by atomic mass is 35.5. The Hall–Kier alpha value is -3.00. The molecule has 4 rings (SSSR count). The Bertz CT molecular complexity index is 1340. The maximum Gasteiger partial charge on any atom is 0.239 e. The molecular weight excluding hydrogens is 410 g/mol. The van der Waals surface area contributed by atoms with E-state index in [1.54, 1.807) is 19.5 Å². The van der Waals surface area contributed by atoms with Crippen LogP contribution >= 0.6 is 11.6 Å². The van der Waals surface area contributed by atoms with Crippen molar-refractivity contribution < 1.29 is 13.2 Å². The molecule has 0 aliphatic carbocycles. The lowest BCUT2D eigenvalue weighted by Crippen LogP contribution is -2.12. The minimum absolute atomic E-state index is 0.0385. The van der Waals surface area contributed by atoms with Crippen molar-refractivity contribution in [2.75, 3.05) is 7.11 Å². The van der Waals surface area contributed by atoms with Crippen molar-refractivity contribution in [3.05, 3.63) is 72.1 Å². The average Bonchev–Trinajstić information content (AvgIpc) is 2.72. The number of halogens is 1. The van der Waals surface area contributed by atoms with Crippen LogP contribution in [0.3, 0.4) is 0 Å². The molecule has 0 bridgehead atoms. The van der Waals surface area contributed by atoms with Gasteiger partial charge in [0.25, 0.3) is 0 Å². The molecule has 0 saturated carbocycles. The Labute approximate surface area is 173 Å². The molecule has 2 aromatic heterocycles. The first-order valence-electron chi connectivity index (χ1n) is 8.58. The predicted molar refractivity (Wildman–Crippen MR) is 113 cm³/mol. The van der Waals surface area contributed by atoms with Gasteiger partial charge in [0, 0.05) is 29.5 Å². The Morgan fingerprint density at radius 1 is 0.966 bits per heavy atom. The summed E-state index contributed by atoms with van der Waals surface area (Å²) in [6.07, 6.45) is 4.56. The van der Waals surface area contributed by atoms with Gasteiger partial charge in [0.2, 0.25) is 10.0 Å². The third-order valence-corrected chi connectivity index (χ3v) is 5.76. The molecule has 4 aromatic rings. The van der Waals surface area contributed by atoms with Gasteiger partial charge in [-0.2, -0.15) is 0 Å². The van der Waals surface area contributed by atoms with Crippen LogP contribution in [0, 0.1) is 0 Å². The highest BCUT2D eigenvalue weighted by molar-refractivity contribution is 7.89. The summed E-state index contributed by atoms with van der Waals surface area (Å²) < 4.78 is 28.5. The normalized spacial score (nSPS) is 11.6. The number of fused-ring (bicyclic) bond motifs is 1. The summed E-state index contributed by atoms with van der Waals surface area (Å²) in [6.45, 7) is 0. The number of methoxy groups -OCH3 is 1. The first-order chi connectivity index (χ1) is 13.9. The smallest absolute Gasteiger partial charge is 0.239 e. The van der Waals surface area contributed by atoms with Crippen LogP contribution in [0.2, 0.25) is 5.02 Å². The molecule has 2 aromatic carbocycles. The van der Waals surface area contributed by atoms with Crippen molar-refractivity contribution >= 4 is 32.5 Å². The third-order valence-electron chi connectivity index (χ3n) is 4.58. The number of hydrogen-bond donors (Lipinski definition) is 1. The molecule has 0 saturated heterocycles. The number of ether oxygens (including phenoxy) is 1. The van der Waals surface area contributed by atoms with Crippen molar-refractivity contribution in [2.24, 2.45) is 5.14 Å². The van der Waals surface area contributed by atoms with Gasteiger partial charge in [0.15, 0.2) is 0 Å². The zero-order chi connectivity index (χ0) is 20.6. The predicted octanol–water partition coefficient (Wildman–Crippen LogP) is 4.27. The monoisotopic (exact) mass is 425 g/mol. The van der Waals surface area contributed by atoms with E-state index in [-0.39, 0.29) is 4.90 Å². The lowest BCUT2D eigenvalue weighted by atomic mass is 9.98. The average molecular weight is 426 g/mol. The molecule has 0 amide bonds. The number of nitrogens with zero attached hydrogens (tertiary/aromatic N) is 2. The maximum atomic E-state index is 11.7. The van der Waals surface area contributed by atoms with Crippen LogP contribution < -0.4 is 9.88 Å². The standard InChI is InChI=1S/C21H16ClN3O3S/c1-28-21-5-3-14(10-19(21)22)17-6-7-25-20-4-2-13(9-18(17)20)15-8-16(12-24-11-15)29(23,26)27/h2-12H,1H3,(H2,23,26,27). The fraction of sp³-hybridized carbons (Fsp3) is 0.0476. The van der Waals surface area contributed by atoms with Crippen LogP contribution in [-0.4, -0.2) is 25.5 Å². The molecule has 0 atom stereocenters. The van der Waals surface area contributed by atoms with Crippen molar-refractivity contribution in [1.82, 2.24) is 9.97 Å². The summed E-state index contributed by atoms with van der Waals surface area (Å²) in [5.74, 6) is 0.598. The van der Waals surface area contributed by atoms with Crippen molar-refractivity contribution in [2.45, 2.75) is 4.90 Å². The SMILES string of the molecule is COc1ccc(-c2ccnc3ccc(-c4cncc(S(N)(=O)=O)c4)cc23)cc1Cl. The van der Waals surface area contributed by atoms with Gasteiger partial charge in [-0.25, -0.2) is 13.6 Å². The van der Waals surface area contributed by atoms with Crippen LogP contribution in [0.1, 0.15) is 0 Å². The number of pyridine rings is 2. The number of rotatable bonds is 4. The molecule has 0 radical (unpaired) electrons. The van der Waals surface area contributed by atoms with Gasteiger partial charge < -0.3 is 4.74 Å². The first kappa shape index (κ1) is 19.3. The molecular formula is C21H16ClN3O3S. The van der Waals surface area contributed by atoms with Crippen molar-refractivity contribution in [1.29, 1.82) is 0 Å². The van der Waals surface area contributed by atoms with Crippen LogP contribution in [0.15, 0.2) is 72.0 Å². The molecule has 0 fully saturated rings. The first-order valence-corrected chi connectivity index (χ1v) is 10.5. The van der Waals surface area contributed by atoms with Crippen LogP contribution in [0.25, 0.3) is 33.2 Å². The minimum atomic E-state index is -3.84. The second-order valence-corrected chi connectivity index (χ2v) is 8.36. The van der Waals surface area contributed by atoms with E-state index in [9.17, 15) is 8.42 Å². The van der Waals surface area contributed by atoms with E-state index in [0.717, 1.165) is 27.6 Å². The molecule has 6 nitrogen and oxygen atoms in total. The van der Waals surface area contributed by atoms with Crippen molar-refractivity contribution in [3.63, 3.8) is 0 Å². The van der Waals surface area contributed by atoms with Crippen LogP contribution in [0.5, 0.6) is 5.75 Å². The zero-order valence-corrected chi connectivity index (χ0v) is 16.9. The number of benzene rings is 2. The zero-order valence-electron chi connectivity index (χ0n) is 15.3. The maximum absolute atomic E-state index is 11.7. The van der Waals surface area contributed by atoms with E-state index < -0.39 is 10.0 Å². The molecule has 0 aliphatic heterocycles. The molecule has 146 valence electrons. The molecule has 29 heavy (non-hydrogen) atoms. The molecule has 2 heterocycles. The topological polar surface area (TPSA) is 95.2 Å². The van der Waals surface area contributed by atoms with Gasteiger partial charge in [0.1, 0.15) is 10.6 Å². The quantitative estimate of drug-likeness (QED) is 0.526. The summed E-state index contributed by atoms with van der Waals surface area (Å²) in [5, 5.41) is 6.64. The van der Waals surface area contributed by atoms with Gasteiger partial charge in [-0.05, 0) is 53.1 Å². The molecule has 8 heteroatoms. The fourth-order valence-electron chi connectivity index (χ4n) is 3.14. The lowest BCUT2D eigenvalue weighted by molar-refractivity contribution is 0.415. The van der Waals surface area contributed by atoms with E-state index in [0.29, 0.717) is 16.3 Å². The summed E-state index contributed by atoms with van der Waals surface area (Å²) in [6, 6.07) is 14.7. The van der Waals surface area contributed by atoms with E-state index in [1.807, 2.05) is 42.5 Å². The summed E-state index contributed by atoms with van der Waals surface area (Å²) in [7, 11) is -2.27. The number of primary sulfonamides is 1. The van der Waals surface area contributed by atoms with Crippen molar-refractivity contribution in [3.8, 4) is 28.0 Å². The van der Waals surface area contributed by atoms with Gasteiger partial charge in [-0.15, -0.1) is 0 Å². The molecule has 2 N–H and O–H groups in total. The summed E-state index contributed by atoms with van der Waals surface area (Å²) >= 11 is 6.30. The molecule has 0 spiro atoms. The Kier molecular flexibility index (Phi) is 4.96. The lowest BCUT2D eigenvalue weighted by Gasteiger charge is -2.11. The van der Waals surface area contributed by atoms with Gasteiger partial charge >= 0.3 is 0 Å². The minimum Gasteiger partial charge on any atom is -0.495 e. The Balaban J connectivity index is 1.89. The number of sulfonamides is 1. The highest BCUT2D eigenvalue weighted by Crippen LogP contribution is 2.35. The highest BCUT2D eigenvalue weighted by Gasteiger charge is 2.12. The number of hydrogen-bond acceptors (Lipinski definition) is 5. The van der Waals surface area contributed by atoms with E-state index >= 15 is 0 Å². The molecule has 0 aliphatic rings. The van der Waals surface area contributed by atoms with E-state index in [2.05, 4.69) is 9.97 Å². The van der Waals surface area contributed by atoms with E-state index in [4.69, 9.17) is 21.5 Å². The number of aromatic nitrogens is 2. The number of nitrogens with two attached hydrogens (primary N) is 1. The van der Waals surface area contributed by atoms with E-state index in [1.165, 1.54) is 12.3 Å². The second-order valence-electron chi connectivity index (χ2n) is 6.39.